The van der Waals surface area contributed by atoms with Gasteiger partial charge in [0.1, 0.15) is 0 Å². The average molecular weight is 202 g/mol. The van der Waals surface area contributed by atoms with E-state index in [2.05, 4.69) is 42.7 Å². The third-order valence-electron chi connectivity index (χ3n) is 3.00. The zero-order valence-electron chi connectivity index (χ0n) is 9.21. The zero-order valence-corrected chi connectivity index (χ0v) is 10.0. The van der Waals surface area contributed by atoms with Crippen LogP contribution < -0.4 is 5.32 Å². The molecule has 1 heterocycles. The fourth-order valence-corrected chi connectivity index (χ4v) is 3.11. The predicted octanol–water partition coefficient (Wildman–Crippen LogP) is 1.42. The van der Waals surface area contributed by atoms with Gasteiger partial charge in [-0.15, -0.1) is 0 Å². The SMILES string of the molecule is CNCC(C)N1CCSC(C)C1C. The van der Waals surface area contributed by atoms with Crippen LogP contribution in [0.5, 0.6) is 0 Å². The van der Waals surface area contributed by atoms with Gasteiger partial charge in [0.15, 0.2) is 0 Å². The number of rotatable bonds is 3. The molecule has 0 aliphatic carbocycles. The molecule has 0 spiro atoms. The number of nitrogens with zero attached hydrogens (tertiary/aromatic N) is 1. The molecule has 1 N–H and O–H groups in total. The van der Waals surface area contributed by atoms with Crippen molar-refractivity contribution in [2.75, 3.05) is 25.9 Å². The number of likely N-dealkylation sites (N-methyl/N-ethyl adjacent to an activating group) is 1. The van der Waals surface area contributed by atoms with E-state index >= 15 is 0 Å². The Kier molecular flexibility index (Phi) is 4.56. The van der Waals surface area contributed by atoms with Crippen molar-refractivity contribution in [1.82, 2.24) is 10.2 Å². The van der Waals surface area contributed by atoms with Crippen LogP contribution in [0, 0.1) is 0 Å². The molecule has 1 aliphatic heterocycles. The predicted molar refractivity (Wildman–Crippen MR) is 61.5 cm³/mol. The maximum absolute atomic E-state index is 3.25. The van der Waals surface area contributed by atoms with E-state index in [-0.39, 0.29) is 0 Å². The van der Waals surface area contributed by atoms with E-state index in [9.17, 15) is 0 Å². The lowest BCUT2D eigenvalue weighted by Gasteiger charge is -2.41. The van der Waals surface area contributed by atoms with Crippen LogP contribution >= 0.6 is 11.8 Å². The minimum atomic E-state index is 0.670. The molecule has 0 aromatic carbocycles. The summed E-state index contributed by atoms with van der Waals surface area (Å²) < 4.78 is 0. The van der Waals surface area contributed by atoms with E-state index in [0.29, 0.717) is 6.04 Å². The van der Waals surface area contributed by atoms with Crippen LogP contribution in [0.2, 0.25) is 0 Å². The van der Waals surface area contributed by atoms with Gasteiger partial charge in [-0.1, -0.05) is 6.92 Å². The van der Waals surface area contributed by atoms with Crippen LogP contribution in [-0.4, -0.2) is 48.1 Å². The first-order chi connectivity index (χ1) is 6.16. The highest BCUT2D eigenvalue weighted by Gasteiger charge is 2.27. The molecule has 0 aromatic heterocycles. The van der Waals surface area contributed by atoms with Gasteiger partial charge in [0.2, 0.25) is 0 Å². The second-order valence-electron chi connectivity index (χ2n) is 3.96. The van der Waals surface area contributed by atoms with Crippen LogP contribution in [-0.2, 0) is 0 Å². The van der Waals surface area contributed by atoms with E-state index in [1.54, 1.807) is 0 Å². The summed E-state index contributed by atoms with van der Waals surface area (Å²) in [4.78, 5) is 2.62. The largest absolute Gasteiger partial charge is 0.318 e. The Morgan fingerprint density at radius 3 is 2.85 bits per heavy atom. The average Bonchev–Trinajstić information content (AvgIpc) is 2.10. The van der Waals surface area contributed by atoms with Gasteiger partial charge in [0, 0.05) is 36.2 Å². The topological polar surface area (TPSA) is 15.3 Å². The Balaban J connectivity index is 2.46. The van der Waals surface area contributed by atoms with Crippen molar-refractivity contribution < 1.29 is 0 Å². The Labute approximate surface area is 86.5 Å². The summed E-state index contributed by atoms with van der Waals surface area (Å²) >= 11 is 2.10. The lowest BCUT2D eigenvalue weighted by Crippen LogP contribution is -2.51. The molecular weight excluding hydrogens is 180 g/mol. The second-order valence-corrected chi connectivity index (χ2v) is 5.45. The minimum Gasteiger partial charge on any atom is -0.318 e. The van der Waals surface area contributed by atoms with Gasteiger partial charge in [0.25, 0.3) is 0 Å². The first-order valence-electron chi connectivity index (χ1n) is 5.18. The Bertz CT molecular complexity index is 152. The quantitative estimate of drug-likeness (QED) is 0.745. The fourth-order valence-electron chi connectivity index (χ4n) is 1.99. The summed E-state index contributed by atoms with van der Waals surface area (Å²) in [5.74, 6) is 1.29. The number of hydrogen-bond acceptors (Lipinski definition) is 3. The lowest BCUT2D eigenvalue weighted by atomic mass is 10.1. The second kappa shape index (κ2) is 5.23. The van der Waals surface area contributed by atoms with Gasteiger partial charge < -0.3 is 5.32 Å². The van der Waals surface area contributed by atoms with Gasteiger partial charge in [-0.3, -0.25) is 4.90 Å². The number of thioether (sulfide) groups is 1. The highest BCUT2D eigenvalue weighted by atomic mass is 32.2. The molecule has 0 amide bonds. The summed E-state index contributed by atoms with van der Waals surface area (Å²) in [5, 5.41) is 4.04. The summed E-state index contributed by atoms with van der Waals surface area (Å²) in [6, 6.07) is 1.39. The normalized spacial score (nSPS) is 33.2. The van der Waals surface area contributed by atoms with Crippen LogP contribution in [0.1, 0.15) is 20.8 Å². The highest BCUT2D eigenvalue weighted by molar-refractivity contribution is 8.00. The van der Waals surface area contributed by atoms with Crippen LogP contribution in [0.3, 0.4) is 0 Å². The van der Waals surface area contributed by atoms with Crippen molar-refractivity contribution in [3.05, 3.63) is 0 Å². The molecule has 1 saturated heterocycles. The Hall–Kier alpha value is 0.270. The molecule has 1 fully saturated rings. The van der Waals surface area contributed by atoms with Crippen LogP contribution in [0.25, 0.3) is 0 Å². The van der Waals surface area contributed by atoms with Crippen LogP contribution in [0.4, 0.5) is 0 Å². The van der Waals surface area contributed by atoms with E-state index in [4.69, 9.17) is 0 Å². The summed E-state index contributed by atoms with van der Waals surface area (Å²) in [7, 11) is 2.03. The van der Waals surface area contributed by atoms with E-state index in [1.165, 1.54) is 12.3 Å². The summed E-state index contributed by atoms with van der Waals surface area (Å²) in [6.07, 6.45) is 0. The molecule has 2 nitrogen and oxygen atoms in total. The highest BCUT2D eigenvalue weighted by Crippen LogP contribution is 2.25. The molecule has 3 unspecified atom stereocenters. The monoisotopic (exact) mass is 202 g/mol. The molecule has 1 rings (SSSR count). The van der Waals surface area contributed by atoms with Gasteiger partial charge >= 0.3 is 0 Å². The zero-order chi connectivity index (χ0) is 9.84. The number of nitrogens with one attached hydrogen (secondary N) is 1. The molecule has 3 atom stereocenters. The van der Waals surface area contributed by atoms with Crippen molar-refractivity contribution in [2.24, 2.45) is 0 Å². The Morgan fingerprint density at radius 2 is 2.23 bits per heavy atom. The van der Waals surface area contributed by atoms with E-state index in [0.717, 1.165) is 17.8 Å². The van der Waals surface area contributed by atoms with Crippen molar-refractivity contribution in [3.8, 4) is 0 Å². The van der Waals surface area contributed by atoms with Gasteiger partial charge in [-0.2, -0.15) is 11.8 Å². The smallest absolute Gasteiger partial charge is 0.0195 e. The summed E-state index contributed by atoms with van der Waals surface area (Å²) in [5.41, 5.74) is 0. The first kappa shape index (κ1) is 11.3. The van der Waals surface area contributed by atoms with E-state index in [1.807, 2.05) is 7.05 Å². The third kappa shape index (κ3) is 2.86. The summed E-state index contributed by atoms with van der Waals surface area (Å²) in [6.45, 7) is 9.35. The van der Waals surface area contributed by atoms with Crippen LogP contribution in [0.15, 0.2) is 0 Å². The molecule has 3 heteroatoms. The maximum Gasteiger partial charge on any atom is 0.0195 e. The number of hydrogen-bond donors (Lipinski definition) is 1. The molecular formula is C10H22N2S. The van der Waals surface area contributed by atoms with Crippen molar-refractivity contribution in [2.45, 2.75) is 38.1 Å². The third-order valence-corrected chi connectivity index (χ3v) is 4.34. The molecule has 13 heavy (non-hydrogen) atoms. The Morgan fingerprint density at radius 1 is 1.54 bits per heavy atom. The molecule has 0 saturated carbocycles. The molecule has 1 aliphatic rings. The molecule has 0 radical (unpaired) electrons. The van der Waals surface area contributed by atoms with Gasteiger partial charge in [-0.05, 0) is 20.9 Å². The molecule has 0 bridgehead atoms. The fraction of sp³-hybridized carbons (Fsp3) is 1.00. The molecule has 78 valence electrons. The van der Waals surface area contributed by atoms with Crippen molar-refractivity contribution in [1.29, 1.82) is 0 Å². The standard InChI is InChI=1S/C10H22N2S/c1-8(7-11-4)12-5-6-13-10(3)9(12)2/h8-11H,5-7H2,1-4H3. The van der Waals surface area contributed by atoms with E-state index < -0.39 is 0 Å². The first-order valence-corrected chi connectivity index (χ1v) is 6.23. The van der Waals surface area contributed by atoms with Crippen molar-refractivity contribution in [3.63, 3.8) is 0 Å². The van der Waals surface area contributed by atoms with Gasteiger partial charge in [-0.25, -0.2) is 0 Å². The lowest BCUT2D eigenvalue weighted by molar-refractivity contribution is 0.156. The van der Waals surface area contributed by atoms with Crippen molar-refractivity contribution >= 4 is 11.8 Å². The maximum atomic E-state index is 3.25. The molecule has 0 aromatic rings. The minimum absolute atomic E-state index is 0.670. The van der Waals surface area contributed by atoms with Gasteiger partial charge in [0.05, 0.1) is 0 Å².